The molecule has 0 unspecified atom stereocenters. The maximum Gasteiger partial charge on any atom is 0.307 e. The topological polar surface area (TPSA) is 186 Å². The average Bonchev–Trinajstić information content (AvgIpc) is 2.86. The van der Waals surface area contributed by atoms with E-state index >= 15 is 0 Å². The first-order chi connectivity index (χ1) is 12.7. The quantitative estimate of drug-likeness (QED) is 0.285. The number of rotatable bonds is 5. The van der Waals surface area contributed by atoms with Crippen LogP contribution in [0.3, 0.4) is 0 Å². The average molecular weight is 385 g/mol. The minimum Gasteiger partial charge on any atom is -0.481 e. The predicted molar refractivity (Wildman–Crippen MR) is 85.6 cm³/mol. The minimum absolute atomic E-state index is 0.0109. The number of hydrogen-bond donors (Lipinski definition) is 7. The summed E-state index contributed by atoms with van der Waals surface area (Å²) >= 11 is 0. The summed E-state index contributed by atoms with van der Waals surface area (Å²) in [5.41, 5.74) is -2.34. The molecule has 3 rings (SSSR count). The van der Waals surface area contributed by atoms with Crippen LogP contribution in [0.4, 0.5) is 5.69 Å². The fraction of sp³-hybridized carbons (Fsp3) is 0.500. The number of carbonyl (C=O) groups excluding carboxylic acids is 1. The highest BCUT2D eigenvalue weighted by molar-refractivity contribution is 6.07. The van der Waals surface area contributed by atoms with Crippen LogP contribution in [0.15, 0.2) is 18.2 Å². The third-order valence-electron chi connectivity index (χ3n) is 4.58. The van der Waals surface area contributed by atoms with E-state index in [1.807, 2.05) is 0 Å². The molecule has 1 aromatic rings. The molecule has 1 fully saturated rings. The van der Waals surface area contributed by atoms with Gasteiger partial charge >= 0.3 is 5.97 Å². The highest BCUT2D eigenvalue weighted by atomic mass is 16.7. The number of para-hydroxylation sites is 1. The Balaban J connectivity index is 1.90. The molecule has 1 saturated heterocycles. The Morgan fingerprint density at radius 1 is 1.22 bits per heavy atom. The number of hydrogen-bond acceptors (Lipinski definition) is 9. The second kappa shape index (κ2) is 7.03. The lowest BCUT2D eigenvalue weighted by molar-refractivity contribution is -0.277. The van der Waals surface area contributed by atoms with E-state index in [4.69, 9.17) is 14.6 Å². The maximum atomic E-state index is 12.1. The van der Waals surface area contributed by atoms with E-state index in [-0.39, 0.29) is 17.0 Å². The highest BCUT2D eigenvalue weighted by Gasteiger charge is 2.49. The molecule has 148 valence electrons. The number of carboxylic acids is 1. The lowest BCUT2D eigenvalue weighted by Crippen LogP contribution is -2.60. The predicted octanol–water partition coefficient (Wildman–Crippen LogP) is -2.52. The van der Waals surface area contributed by atoms with Gasteiger partial charge in [-0.15, -0.1) is 0 Å². The Hall–Kier alpha value is -2.28. The van der Waals surface area contributed by atoms with Gasteiger partial charge in [0.2, 0.25) is 6.29 Å². The molecule has 2 heterocycles. The summed E-state index contributed by atoms with van der Waals surface area (Å²) in [6.45, 7) is -0.646. The Labute approximate surface area is 152 Å². The Morgan fingerprint density at radius 3 is 2.56 bits per heavy atom. The van der Waals surface area contributed by atoms with Gasteiger partial charge < -0.3 is 45.4 Å². The molecule has 7 N–H and O–H groups in total. The third-order valence-corrected chi connectivity index (χ3v) is 4.58. The number of aliphatic hydroxyl groups is 5. The molecule has 11 nitrogen and oxygen atoms in total. The van der Waals surface area contributed by atoms with Crippen molar-refractivity contribution in [3.63, 3.8) is 0 Å². The number of benzene rings is 1. The number of aliphatic carboxylic acids is 1. The van der Waals surface area contributed by atoms with Crippen LogP contribution >= 0.6 is 0 Å². The first-order valence-electron chi connectivity index (χ1n) is 8.05. The largest absolute Gasteiger partial charge is 0.481 e. The second-order valence-corrected chi connectivity index (χ2v) is 6.38. The van der Waals surface area contributed by atoms with E-state index in [0.29, 0.717) is 0 Å². The molecule has 6 atom stereocenters. The summed E-state index contributed by atoms with van der Waals surface area (Å²) in [4.78, 5) is 23.1. The zero-order chi connectivity index (χ0) is 19.9. The van der Waals surface area contributed by atoms with Crippen LogP contribution in [0.25, 0.3) is 0 Å². The van der Waals surface area contributed by atoms with Crippen LogP contribution in [-0.4, -0.2) is 79.8 Å². The fourth-order valence-corrected chi connectivity index (χ4v) is 3.13. The summed E-state index contributed by atoms with van der Waals surface area (Å²) in [6.07, 6.45) is -8.45. The van der Waals surface area contributed by atoms with Gasteiger partial charge in [0, 0.05) is 5.56 Å². The summed E-state index contributed by atoms with van der Waals surface area (Å²) in [5, 5.41) is 60.6. The Morgan fingerprint density at radius 2 is 1.93 bits per heavy atom. The van der Waals surface area contributed by atoms with Crippen LogP contribution in [0, 0.1) is 0 Å². The summed E-state index contributed by atoms with van der Waals surface area (Å²) in [7, 11) is 0. The third kappa shape index (κ3) is 3.25. The van der Waals surface area contributed by atoms with Crippen LogP contribution in [0.5, 0.6) is 5.75 Å². The lowest BCUT2D eigenvalue weighted by atomic mass is 9.92. The number of amides is 1. The summed E-state index contributed by atoms with van der Waals surface area (Å²) in [5.74, 6) is -2.41. The van der Waals surface area contributed by atoms with Crippen molar-refractivity contribution in [2.24, 2.45) is 0 Å². The van der Waals surface area contributed by atoms with E-state index < -0.39 is 61.2 Å². The molecule has 0 radical (unpaired) electrons. The van der Waals surface area contributed by atoms with Crippen LogP contribution in [-0.2, 0) is 19.9 Å². The van der Waals surface area contributed by atoms with Crippen LogP contribution in [0.2, 0.25) is 0 Å². The summed E-state index contributed by atoms with van der Waals surface area (Å²) < 4.78 is 10.7. The van der Waals surface area contributed by atoms with E-state index in [1.54, 1.807) is 0 Å². The lowest BCUT2D eigenvalue weighted by Gasteiger charge is -2.39. The monoisotopic (exact) mass is 385 g/mol. The zero-order valence-electron chi connectivity index (χ0n) is 13.8. The van der Waals surface area contributed by atoms with E-state index in [9.17, 15) is 35.1 Å². The number of carboxylic acid groups (broad SMARTS) is 1. The molecule has 11 heteroatoms. The van der Waals surface area contributed by atoms with E-state index in [2.05, 4.69) is 5.32 Å². The van der Waals surface area contributed by atoms with Crippen molar-refractivity contribution < 1.29 is 49.7 Å². The zero-order valence-corrected chi connectivity index (χ0v) is 13.8. The molecule has 27 heavy (non-hydrogen) atoms. The van der Waals surface area contributed by atoms with Gasteiger partial charge in [-0.25, -0.2) is 0 Å². The molecule has 2 aliphatic rings. The molecule has 0 saturated carbocycles. The number of anilines is 1. The second-order valence-electron chi connectivity index (χ2n) is 6.38. The van der Waals surface area contributed by atoms with Gasteiger partial charge in [-0.05, 0) is 6.07 Å². The number of fused-ring (bicyclic) bond motifs is 1. The van der Waals surface area contributed by atoms with Crippen LogP contribution < -0.4 is 10.1 Å². The van der Waals surface area contributed by atoms with Crippen LogP contribution in [0.1, 0.15) is 12.0 Å². The Kier molecular flexibility index (Phi) is 5.08. The van der Waals surface area contributed by atoms with Crippen molar-refractivity contribution in [2.45, 2.75) is 42.7 Å². The molecule has 0 aliphatic carbocycles. The van der Waals surface area contributed by atoms with Gasteiger partial charge in [0.1, 0.15) is 30.2 Å². The fourth-order valence-electron chi connectivity index (χ4n) is 3.13. The normalized spacial score (nSPS) is 35.4. The van der Waals surface area contributed by atoms with E-state index in [1.165, 1.54) is 18.2 Å². The van der Waals surface area contributed by atoms with Crippen molar-refractivity contribution in [3.8, 4) is 5.75 Å². The highest BCUT2D eigenvalue weighted by Crippen LogP contribution is 2.44. The SMILES string of the molecule is O=C(O)C[C@@]1(O)C(=O)Nc2c(O[C@@H]3O[C@H](CO)[C@@H](O)[C@H](O)[C@H]3O)cccc21. The number of nitrogens with one attached hydrogen (secondary N) is 1. The molecular formula is C16H19NO10. The molecule has 1 amide bonds. The molecule has 0 bridgehead atoms. The van der Waals surface area contributed by atoms with Crippen molar-refractivity contribution in [3.05, 3.63) is 23.8 Å². The number of aliphatic hydroxyl groups excluding tert-OH is 4. The number of ether oxygens (including phenoxy) is 2. The molecule has 0 aromatic heterocycles. The van der Waals surface area contributed by atoms with Gasteiger partial charge in [-0.2, -0.15) is 0 Å². The van der Waals surface area contributed by atoms with Gasteiger partial charge in [0.05, 0.1) is 18.7 Å². The van der Waals surface area contributed by atoms with Crippen molar-refractivity contribution >= 4 is 17.6 Å². The van der Waals surface area contributed by atoms with Crippen molar-refractivity contribution in [2.75, 3.05) is 11.9 Å². The van der Waals surface area contributed by atoms with Gasteiger partial charge in [0.15, 0.2) is 5.60 Å². The Bertz CT molecular complexity index is 753. The molecule has 0 spiro atoms. The van der Waals surface area contributed by atoms with Gasteiger partial charge in [0.25, 0.3) is 5.91 Å². The molecule has 2 aliphatic heterocycles. The molecule has 1 aromatic carbocycles. The molecular weight excluding hydrogens is 366 g/mol. The first kappa shape index (κ1) is 19.5. The number of carbonyl (C=O) groups is 2. The summed E-state index contributed by atoms with van der Waals surface area (Å²) in [6, 6.07) is 4.11. The maximum absolute atomic E-state index is 12.1. The van der Waals surface area contributed by atoms with Crippen molar-refractivity contribution in [1.29, 1.82) is 0 Å². The first-order valence-corrected chi connectivity index (χ1v) is 8.05. The smallest absolute Gasteiger partial charge is 0.307 e. The van der Waals surface area contributed by atoms with E-state index in [0.717, 1.165) is 0 Å². The standard InChI is InChI=1S/C16H19NO10/c18-5-8-11(21)12(22)13(23)14(27-8)26-7-3-1-2-6-10(7)17-15(24)16(6,25)4-9(19)20/h1-3,8,11-14,18,21-23,25H,4-5H2,(H,17,24)(H,19,20)/t8-,11-,12+,13-,14-,16+/m1/s1. The van der Waals surface area contributed by atoms with Gasteiger partial charge in [-0.1, -0.05) is 12.1 Å². The van der Waals surface area contributed by atoms with Gasteiger partial charge in [-0.3, -0.25) is 9.59 Å². The van der Waals surface area contributed by atoms with Crippen molar-refractivity contribution in [1.82, 2.24) is 0 Å². The minimum atomic E-state index is -2.30.